The molecule has 0 saturated carbocycles. The molecule has 0 heterocycles. The largest absolute Gasteiger partial charge is 0.416 e. The zero-order valence-corrected chi connectivity index (χ0v) is 14.1. The van der Waals surface area contributed by atoms with Crippen molar-refractivity contribution in [1.82, 2.24) is 0 Å². The van der Waals surface area contributed by atoms with E-state index in [-0.39, 0.29) is 15.1 Å². The van der Waals surface area contributed by atoms with E-state index in [9.17, 15) is 13.2 Å². The molecule has 112 valence electrons. The summed E-state index contributed by atoms with van der Waals surface area (Å²) >= 11 is 21.0. The highest BCUT2D eigenvalue weighted by molar-refractivity contribution is 9.08. The second kappa shape index (κ2) is 6.37. The van der Waals surface area contributed by atoms with Crippen LogP contribution in [0.15, 0.2) is 30.3 Å². The van der Waals surface area contributed by atoms with Gasteiger partial charge in [-0.25, -0.2) is 0 Å². The van der Waals surface area contributed by atoms with E-state index in [1.165, 1.54) is 12.1 Å². The highest BCUT2D eigenvalue weighted by Gasteiger charge is 2.31. The van der Waals surface area contributed by atoms with E-state index in [0.717, 1.165) is 12.1 Å². The summed E-state index contributed by atoms with van der Waals surface area (Å²) in [6, 6.07) is 6.62. The lowest BCUT2D eigenvalue weighted by molar-refractivity contribution is -0.137. The van der Waals surface area contributed by atoms with E-state index < -0.39 is 11.7 Å². The third-order valence-electron chi connectivity index (χ3n) is 2.80. The average molecular weight is 418 g/mol. The van der Waals surface area contributed by atoms with Crippen LogP contribution in [0.2, 0.25) is 15.1 Å². The molecule has 0 aliphatic rings. The summed E-state index contributed by atoms with van der Waals surface area (Å²) in [5, 5.41) is 1.01. The van der Waals surface area contributed by atoms with Crippen LogP contribution >= 0.6 is 50.7 Å². The van der Waals surface area contributed by atoms with Gasteiger partial charge in [0.25, 0.3) is 0 Å². The van der Waals surface area contributed by atoms with Crippen LogP contribution in [0.3, 0.4) is 0 Å². The van der Waals surface area contributed by atoms with E-state index in [1.54, 1.807) is 6.07 Å². The summed E-state index contributed by atoms with van der Waals surface area (Å²) in [5.74, 6) is 0. The minimum absolute atomic E-state index is 0.230. The SMILES string of the molecule is FC(F)(F)c1cc(CBr)cc(-c2cc(Cl)c(Cl)cc2Cl)c1. The number of hydrogen-bond donors (Lipinski definition) is 0. The predicted molar refractivity (Wildman–Crippen MR) is 84.5 cm³/mol. The molecular weight excluding hydrogens is 411 g/mol. The summed E-state index contributed by atoms with van der Waals surface area (Å²) in [6.45, 7) is 0. The molecule has 0 spiro atoms. The molecule has 0 atom stereocenters. The van der Waals surface area contributed by atoms with Crippen molar-refractivity contribution in [2.45, 2.75) is 11.5 Å². The molecule has 0 saturated heterocycles. The summed E-state index contributed by atoms with van der Waals surface area (Å²) in [7, 11) is 0. The number of halogens is 7. The van der Waals surface area contributed by atoms with Gasteiger partial charge < -0.3 is 0 Å². The molecule has 0 fully saturated rings. The van der Waals surface area contributed by atoms with Crippen LogP contribution in [0.25, 0.3) is 11.1 Å². The van der Waals surface area contributed by atoms with Crippen molar-refractivity contribution in [2.24, 2.45) is 0 Å². The van der Waals surface area contributed by atoms with Crippen LogP contribution in [0.5, 0.6) is 0 Å². The van der Waals surface area contributed by atoms with Gasteiger partial charge in [-0.15, -0.1) is 0 Å². The summed E-state index contributed by atoms with van der Waals surface area (Å²) in [6.07, 6.45) is -4.43. The Kier molecular flexibility index (Phi) is 5.14. The summed E-state index contributed by atoms with van der Waals surface area (Å²) < 4.78 is 38.8. The fourth-order valence-electron chi connectivity index (χ4n) is 1.83. The van der Waals surface area contributed by atoms with Crippen LogP contribution in [-0.2, 0) is 11.5 Å². The van der Waals surface area contributed by atoms with E-state index in [1.807, 2.05) is 0 Å². The van der Waals surface area contributed by atoms with E-state index in [4.69, 9.17) is 34.8 Å². The highest BCUT2D eigenvalue weighted by atomic mass is 79.9. The maximum absolute atomic E-state index is 12.9. The molecule has 21 heavy (non-hydrogen) atoms. The third kappa shape index (κ3) is 3.86. The molecule has 2 aromatic rings. The van der Waals surface area contributed by atoms with E-state index in [0.29, 0.717) is 22.0 Å². The van der Waals surface area contributed by atoms with Gasteiger partial charge in [-0.1, -0.05) is 56.8 Å². The van der Waals surface area contributed by atoms with Crippen LogP contribution in [0.1, 0.15) is 11.1 Å². The third-order valence-corrected chi connectivity index (χ3v) is 4.48. The molecule has 2 rings (SSSR count). The van der Waals surface area contributed by atoms with Gasteiger partial charge in [-0.3, -0.25) is 0 Å². The predicted octanol–water partition coefficient (Wildman–Crippen LogP) is 7.23. The lowest BCUT2D eigenvalue weighted by atomic mass is 10.00. The smallest absolute Gasteiger partial charge is 0.166 e. The van der Waals surface area contributed by atoms with Gasteiger partial charge in [-0.2, -0.15) is 13.2 Å². The second-order valence-corrected chi connectivity index (χ2v) is 6.08. The van der Waals surface area contributed by atoms with Crippen molar-refractivity contribution in [3.63, 3.8) is 0 Å². The van der Waals surface area contributed by atoms with E-state index >= 15 is 0 Å². The van der Waals surface area contributed by atoms with Crippen LogP contribution < -0.4 is 0 Å². The second-order valence-electron chi connectivity index (χ2n) is 4.30. The standard InChI is InChI=1S/C14H7BrCl3F3/c15-6-7-1-8(3-9(2-7)14(19,20)21)10-4-12(17)13(18)5-11(10)16/h1-5H,6H2. The Morgan fingerprint density at radius 1 is 0.857 bits per heavy atom. The van der Waals surface area contributed by atoms with E-state index in [2.05, 4.69) is 15.9 Å². The molecule has 0 amide bonds. The van der Waals surface area contributed by atoms with Crippen molar-refractivity contribution in [2.75, 3.05) is 0 Å². The first kappa shape index (κ1) is 16.9. The van der Waals surface area contributed by atoms with Gasteiger partial charge in [0.05, 0.1) is 15.6 Å². The van der Waals surface area contributed by atoms with Gasteiger partial charge in [0.2, 0.25) is 0 Å². The topological polar surface area (TPSA) is 0 Å². The monoisotopic (exact) mass is 416 g/mol. The van der Waals surface area contributed by atoms with Crippen molar-refractivity contribution >= 4 is 50.7 Å². The first-order valence-corrected chi connectivity index (χ1v) is 7.90. The Morgan fingerprint density at radius 3 is 2.05 bits per heavy atom. The molecular formula is C14H7BrCl3F3. The first-order chi connectivity index (χ1) is 9.72. The maximum Gasteiger partial charge on any atom is 0.416 e. The Morgan fingerprint density at radius 2 is 1.48 bits per heavy atom. The number of hydrogen-bond acceptors (Lipinski definition) is 0. The number of rotatable bonds is 2. The molecule has 0 aliphatic carbocycles. The van der Waals surface area contributed by atoms with Crippen LogP contribution in [0, 0.1) is 0 Å². The Bertz CT molecular complexity index is 684. The minimum atomic E-state index is -4.43. The number of benzene rings is 2. The number of alkyl halides is 4. The van der Waals surface area contributed by atoms with Gasteiger partial charge in [-0.05, 0) is 35.4 Å². The Labute approximate surface area is 142 Å². The maximum atomic E-state index is 12.9. The molecule has 7 heteroatoms. The molecule has 0 aromatic heterocycles. The highest BCUT2D eigenvalue weighted by Crippen LogP contribution is 2.38. The van der Waals surface area contributed by atoms with Crippen LogP contribution in [-0.4, -0.2) is 0 Å². The molecule has 0 nitrogen and oxygen atoms in total. The molecule has 0 radical (unpaired) electrons. The van der Waals surface area contributed by atoms with Crippen molar-refractivity contribution < 1.29 is 13.2 Å². The summed E-state index contributed by atoms with van der Waals surface area (Å²) in [5.41, 5.74) is 0.487. The zero-order chi connectivity index (χ0) is 15.8. The fraction of sp³-hybridized carbons (Fsp3) is 0.143. The summed E-state index contributed by atoms with van der Waals surface area (Å²) in [4.78, 5) is 0. The minimum Gasteiger partial charge on any atom is -0.166 e. The fourth-order valence-corrected chi connectivity index (χ4v) is 2.81. The lowest BCUT2D eigenvalue weighted by Crippen LogP contribution is -2.05. The molecule has 0 N–H and O–H groups in total. The van der Waals surface area contributed by atoms with Crippen molar-refractivity contribution in [1.29, 1.82) is 0 Å². The normalized spacial score (nSPS) is 11.8. The van der Waals surface area contributed by atoms with Gasteiger partial charge >= 0.3 is 6.18 Å². The van der Waals surface area contributed by atoms with Gasteiger partial charge in [0, 0.05) is 15.9 Å². The molecule has 0 aliphatic heterocycles. The Hall–Kier alpha value is -0.420. The Balaban J connectivity index is 2.66. The molecule has 0 unspecified atom stereocenters. The molecule has 0 bridgehead atoms. The first-order valence-electron chi connectivity index (χ1n) is 5.64. The van der Waals surface area contributed by atoms with Gasteiger partial charge in [0.15, 0.2) is 0 Å². The van der Waals surface area contributed by atoms with Crippen molar-refractivity contribution in [3.05, 3.63) is 56.5 Å². The quantitative estimate of drug-likeness (QED) is 0.357. The van der Waals surface area contributed by atoms with Crippen LogP contribution in [0.4, 0.5) is 13.2 Å². The van der Waals surface area contributed by atoms with Gasteiger partial charge in [0.1, 0.15) is 0 Å². The zero-order valence-electron chi connectivity index (χ0n) is 10.2. The average Bonchev–Trinajstić information content (AvgIpc) is 2.41. The van der Waals surface area contributed by atoms with Crippen molar-refractivity contribution in [3.8, 4) is 11.1 Å². The lowest BCUT2D eigenvalue weighted by Gasteiger charge is -2.13. The molecule has 2 aromatic carbocycles.